The van der Waals surface area contributed by atoms with E-state index in [9.17, 15) is 22.8 Å². The second-order valence-corrected chi connectivity index (χ2v) is 7.81. The summed E-state index contributed by atoms with van der Waals surface area (Å²) in [6, 6.07) is 6.98. The molecule has 0 saturated carbocycles. The Morgan fingerprint density at radius 3 is 2.61 bits per heavy atom. The molecule has 0 saturated heterocycles. The minimum absolute atomic E-state index is 0.0103. The molecule has 1 amide bonds. The van der Waals surface area contributed by atoms with Crippen LogP contribution in [0.5, 0.6) is 0 Å². The van der Waals surface area contributed by atoms with Crippen LogP contribution >= 0.6 is 11.6 Å². The molecule has 5 aromatic rings. The molecule has 182 valence electrons. The van der Waals surface area contributed by atoms with Gasteiger partial charge in [0.15, 0.2) is 17.3 Å². The highest BCUT2D eigenvalue weighted by molar-refractivity contribution is 6.32. The second-order valence-electron chi connectivity index (χ2n) is 7.40. The molecule has 0 bridgehead atoms. The van der Waals surface area contributed by atoms with Gasteiger partial charge in [0.25, 0.3) is 11.5 Å². The summed E-state index contributed by atoms with van der Waals surface area (Å²) in [7, 11) is 0. The number of H-pyrrole nitrogens is 1. The van der Waals surface area contributed by atoms with Crippen LogP contribution in [-0.4, -0.2) is 40.6 Å². The minimum atomic E-state index is -4.96. The number of aromatic amines is 1. The molecule has 0 atom stereocenters. The van der Waals surface area contributed by atoms with Gasteiger partial charge in [-0.3, -0.25) is 9.59 Å². The summed E-state index contributed by atoms with van der Waals surface area (Å²) in [5, 5.41) is 14.3. The number of carbonyl (C=O) groups is 1. The lowest BCUT2D eigenvalue weighted by atomic mass is 10.1. The standard InChI is InChI=1S/C21H13ClF3N9O2/c22-14-6-10(7-28-18(14)34-30-9-16(26)32-34)31-20(36)13-8-29-33(17(13)21(23,24)25)15-3-1-2-12-11(15)4-5-27-19(12)35/h1-9H,(H2,26,32)(H,27,35)(H,31,36). The molecule has 4 aromatic heterocycles. The first kappa shape index (κ1) is 23.0. The van der Waals surface area contributed by atoms with E-state index in [1.807, 2.05) is 0 Å². The van der Waals surface area contributed by atoms with Crippen LogP contribution < -0.4 is 16.6 Å². The van der Waals surface area contributed by atoms with E-state index in [-0.39, 0.29) is 38.8 Å². The molecule has 0 aliphatic carbocycles. The van der Waals surface area contributed by atoms with Crippen molar-refractivity contribution in [3.8, 4) is 11.5 Å². The van der Waals surface area contributed by atoms with Crippen molar-refractivity contribution < 1.29 is 18.0 Å². The van der Waals surface area contributed by atoms with Crippen LogP contribution in [0.15, 0.2) is 59.9 Å². The molecule has 11 nitrogen and oxygen atoms in total. The smallest absolute Gasteiger partial charge is 0.381 e. The number of pyridine rings is 2. The molecule has 36 heavy (non-hydrogen) atoms. The molecule has 0 spiro atoms. The van der Waals surface area contributed by atoms with Crippen LogP contribution in [0, 0.1) is 0 Å². The maximum absolute atomic E-state index is 14.1. The second kappa shape index (κ2) is 8.49. The summed E-state index contributed by atoms with van der Waals surface area (Å²) >= 11 is 6.18. The molecule has 0 aliphatic heterocycles. The molecule has 0 fully saturated rings. The van der Waals surface area contributed by atoms with Crippen molar-refractivity contribution >= 4 is 39.8 Å². The van der Waals surface area contributed by atoms with Gasteiger partial charge in [-0.15, -0.1) is 9.90 Å². The Bertz CT molecular complexity index is 1690. The summed E-state index contributed by atoms with van der Waals surface area (Å²) in [4.78, 5) is 32.5. The van der Waals surface area contributed by atoms with Crippen molar-refractivity contribution in [1.29, 1.82) is 0 Å². The predicted molar refractivity (Wildman–Crippen MR) is 123 cm³/mol. The van der Waals surface area contributed by atoms with Crippen LogP contribution in [0.2, 0.25) is 5.02 Å². The topological polar surface area (TPSA) is 149 Å². The number of fused-ring (bicyclic) bond motifs is 1. The van der Waals surface area contributed by atoms with Crippen LogP contribution in [0.25, 0.3) is 22.3 Å². The van der Waals surface area contributed by atoms with Gasteiger partial charge in [-0.25, -0.2) is 9.67 Å². The Balaban J connectivity index is 1.53. The highest BCUT2D eigenvalue weighted by Gasteiger charge is 2.41. The number of rotatable bonds is 4. The third kappa shape index (κ3) is 4.02. The van der Waals surface area contributed by atoms with Crippen molar-refractivity contribution in [3.63, 3.8) is 0 Å². The van der Waals surface area contributed by atoms with Crippen molar-refractivity contribution in [2.75, 3.05) is 11.1 Å². The number of nitrogen functional groups attached to an aromatic ring is 1. The number of hydrogen-bond acceptors (Lipinski definition) is 7. The van der Waals surface area contributed by atoms with E-state index in [1.165, 1.54) is 48.9 Å². The normalized spacial score (nSPS) is 11.7. The molecule has 5 rings (SSSR count). The van der Waals surface area contributed by atoms with Crippen molar-refractivity contribution in [2.24, 2.45) is 0 Å². The maximum Gasteiger partial charge on any atom is 0.434 e. The number of anilines is 2. The molecular weight excluding hydrogens is 503 g/mol. The van der Waals surface area contributed by atoms with E-state index >= 15 is 0 Å². The minimum Gasteiger partial charge on any atom is -0.381 e. The van der Waals surface area contributed by atoms with Gasteiger partial charge in [0, 0.05) is 17.0 Å². The van der Waals surface area contributed by atoms with Crippen molar-refractivity contribution in [3.05, 3.63) is 81.8 Å². The number of nitrogens with zero attached hydrogens (tertiary/aromatic N) is 6. The fraction of sp³-hybridized carbons (Fsp3) is 0.0476. The third-order valence-electron chi connectivity index (χ3n) is 5.08. The van der Waals surface area contributed by atoms with E-state index in [0.717, 1.165) is 11.0 Å². The average molecular weight is 516 g/mol. The number of carbonyl (C=O) groups excluding carboxylic acids is 1. The number of halogens is 4. The average Bonchev–Trinajstić information content (AvgIpc) is 3.46. The van der Waals surface area contributed by atoms with Crippen molar-refractivity contribution in [1.82, 2.24) is 34.7 Å². The fourth-order valence-corrected chi connectivity index (χ4v) is 3.82. The first-order chi connectivity index (χ1) is 17.1. The predicted octanol–water partition coefficient (Wildman–Crippen LogP) is 3.20. The summed E-state index contributed by atoms with van der Waals surface area (Å²) in [6.07, 6.45) is -0.405. The molecule has 1 aromatic carbocycles. The van der Waals surface area contributed by atoms with E-state index < -0.39 is 28.9 Å². The van der Waals surface area contributed by atoms with Crippen LogP contribution in [0.4, 0.5) is 24.7 Å². The number of amides is 1. The van der Waals surface area contributed by atoms with Crippen molar-refractivity contribution in [2.45, 2.75) is 6.18 Å². The van der Waals surface area contributed by atoms with Gasteiger partial charge in [0.2, 0.25) is 0 Å². The highest BCUT2D eigenvalue weighted by Crippen LogP contribution is 2.35. The lowest BCUT2D eigenvalue weighted by molar-refractivity contribution is -0.143. The number of nitrogens with two attached hydrogens (primary N) is 1. The van der Waals surface area contributed by atoms with E-state index in [2.05, 4.69) is 30.6 Å². The quantitative estimate of drug-likeness (QED) is 0.332. The number of nitrogens with one attached hydrogen (secondary N) is 2. The van der Waals surface area contributed by atoms with Gasteiger partial charge >= 0.3 is 6.18 Å². The molecule has 0 radical (unpaired) electrons. The largest absolute Gasteiger partial charge is 0.434 e. The molecule has 0 aliphatic rings. The zero-order valence-corrected chi connectivity index (χ0v) is 18.5. The monoisotopic (exact) mass is 515 g/mol. The van der Waals surface area contributed by atoms with E-state index in [0.29, 0.717) is 4.68 Å². The maximum atomic E-state index is 14.1. The van der Waals surface area contributed by atoms with Crippen LogP contribution in [0.1, 0.15) is 16.1 Å². The SMILES string of the molecule is Nc1cnn(-c2ncc(NC(=O)c3cnn(-c4cccc5c(=O)[nH]ccc45)c3C(F)(F)F)cc2Cl)n1. The lowest BCUT2D eigenvalue weighted by Gasteiger charge is -2.14. The number of hydrogen-bond donors (Lipinski definition) is 3. The fourth-order valence-electron chi connectivity index (χ4n) is 3.58. The molecule has 4 heterocycles. The van der Waals surface area contributed by atoms with Gasteiger partial charge in [-0.2, -0.15) is 23.4 Å². The highest BCUT2D eigenvalue weighted by atomic mass is 35.5. The Hall–Kier alpha value is -4.72. The van der Waals surface area contributed by atoms with Crippen LogP contribution in [0.3, 0.4) is 0 Å². The molecule has 15 heteroatoms. The Kier molecular flexibility index (Phi) is 5.44. The van der Waals surface area contributed by atoms with Gasteiger partial charge in [0.1, 0.15) is 0 Å². The summed E-state index contributed by atoms with van der Waals surface area (Å²) in [5.74, 6) is -0.877. The van der Waals surface area contributed by atoms with E-state index in [4.69, 9.17) is 17.3 Å². The van der Waals surface area contributed by atoms with Gasteiger partial charge in [-0.1, -0.05) is 17.7 Å². The van der Waals surface area contributed by atoms with Gasteiger partial charge in [0.05, 0.1) is 40.6 Å². The summed E-state index contributed by atoms with van der Waals surface area (Å²) in [5.41, 5.74) is 2.97. The zero-order chi connectivity index (χ0) is 25.6. The van der Waals surface area contributed by atoms with Crippen LogP contribution in [-0.2, 0) is 6.18 Å². The molecule has 4 N–H and O–H groups in total. The molecular formula is C21H13ClF3N9O2. The summed E-state index contributed by atoms with van der Waals surface area (Å²) in [6.45, 7) is 0. The first-order valence-electron chi connectivity index (χ1n) is 10.0. The van der Waals surface area contributed by atoms with Gasteiger partial charge < -0.3 is 16.0 Å². The molecule has 0 unspecified atom stereocenters. The van der Waals surface area contributed by atoms with E-state index in [1.54, 1.807) is 0 Å². The Morgan fingerprint density at radius 2 is 1.92 bits per heavy atom. The Morgan fingerprint density at radius 1 is 1.11 bits per heavy atom. The third-order valence-corrected chi connectivity index (χ3v) is 5.36. The number of alkyl halides is 3. The lowest BCUT2D eigenvalue weighted by Crippen LogP contribution is -2.21. The van der Waals surface area contributed by atoms with Gasteiger partial charge in [-0.05, 0) is 24.3 Å². The Labute approximate surface area is 203 Å². The number of benzene rings is 1. The summed E-state index contributed by atoms with van der Waals surface area (Å²) < 4.78 is 43.0. The zero-order valence-electron chi connectivity index (χ0n) is 17.8. The first-order valence-corrected chi connectivity index (χ1v) is 10.4. The number of aromatic nitrogens is 7.